The van der Waals surface area contributed by atoms with Crippen LogP contribution < -0.4 is 5.63 Å². The molecular weight excluding hydrogens is 724 g/mol. The van der Waals surface area contributed by atoms with Crippen molar-refractivity contribution >= 4 is 5.97 Å². The van der Waals surface area contributed by atoms with Crippen LogP contribution in [0.25, 0.3) is 0 Å². The molecule has 0 aromatic carbocycles. The fourth-order valence-electron chi connectivity index (χ4n) is 11.9. The van der Waals surface area contributed by atoms with Crippen molar-refractivity contribution in [3.05, 3.63) is 34.4 Å². The van der Waals surface area contributed by atoms with E-state index in [-0.39, 0.29) is 24.2 Å². The van der Waals surface area contributed by atoms with Crippen molar-refractivity contribution in [2.45, 2.75) is 170 Å². The molecule has 0 unspecified atom stereocenters. The van der Waals surface area contributed by atoms with Gasteiger partial charge in [-0.25, -0.2) is 4.79 Å². The Morgan fingerprint density at radius 1 is 0.909 bits per heavy atom. The number of carbonyl (C=O) groups excluding carboxylic acids is 1. The summed E-state index contributed by atoms with van der Waals surface area (Å²) in [6.45, 7) is 6.32. The van der Waals surface area contributed by atoms with Crippen molar-refractivity contribution < 1.29 is 73.4 Å². The van der Waals surface area contributed by atoms with Crippen molar-refractivity contribution in [1.82, 2.24) is 0 Å². The first-order valence-electron chi connectivity index (χ1n) is 19.6. The van der Waals surface area contributed by atoms with Crippen molar-refractivity contribution in [1.29, 1.82) is 0 Å². The van der Waals surface area contributed by atoms with Crippen LogP contribution in [0.15, 0.2) is 27.6 Å². The highest BCUT2D eigenvalue weighted by Gasteiger charge is 2.75. The van der Waals surface area contributed by atoms with E-state index < -0.39 is 114 Å². The van der Waals surface area contributed by atoms with Crippen LogP contribution in [-0.2, 0) is 33.2 Å². The first-order valence-corrected chi connectivity index (χ1v) is 19.6. The number of methoxy groups -OCH3 is 1. The monoisotopic (exact) mass is 782 g/mol. The summed E-state index contributed by atoms with van der Waals surface area (Å²) in [5.74, 6) is -1.35. The van der Waals surface area contributed by atoms with Crippen LogP contribution >= 0.6 is 0 Å². The number of hydrogen-bond acceptors (Lipinski definition) is 16. The summed E-state index contributed by atoms with van der Waals surface area (Å²) in [6, 6.07) is 3.10. The molecule has 0 radical (unpaired) electrons. The van der Waals surface area contributed by atoms with E-state index in [1.165, 1.54) is 26.4 Å². The SMILES string of the molecule is CO[C@@H]1[C@H](O)[C@H](O[C@H]2[C@@H](O)[C@H](O)[C@@H](O[C@@H]3CC[C@]4(C)[C@H](C3)[C@H](OC(C)=O)C[C@]3(O)[C@@H]4CC[C@]4(C)[C@H](c5ccc(=O)oc5)CC[C@]43O)O[C@H]2CO)O[C@@H](C)[C@@H]1O. The standard InChI is InChI=1S/C39H58O16/c1-18-28(43)33(49-5)31(46)35(51-18)55-32-25(16-40)54-34(30(45)29(32)44)53-21-8-11-36(3)23(14-21)24(52-19(2)41)15-38(47)26(36)10-12-37(4)22(9-13-39(37,38)48)20-6-7-27(42)50-17-20/h6-7,17-18,21-26,28-35,40,43-48H,8-16H2,1-5H3/t18-,21+,22-,23+,24+,25-,26+,28-,29-,30-,31-,32+,33-,34-,35-,36+,37+,38-,39-/m0/s1. The maximum absolute atomic E-state index is 12.9. The number of ether oxygens (including phenoxy) is 6. The van der Waals surface area contributed by atoms with Crippen LogP contribution in [0.2, 0.25) is 0 Å². The molecule has 7 rings (SSSR count). The number of hydrogen-bond donors (Lipinski definition) is 7. The fraction of sp³-hybridized carbons (Fsp3) is 0.846. The Morgan fingerprint density at radius 2 is 1.64 bits per heavy atom. The zero-order valence-electron chi connectivity index (χ0n) is 32.1. The first kappa shape index (κ1) is 41.1. The average molecular weight is 783 g/mol. The molecule has 6 fully saturated rings. The molecule has 55 heavy (non-hydrogen) atoms. The molecule has 0 spiro atoms. The second kappa shape index (κ2) is 15.0. The molecule has 16 nitrogen and oxygen atoms in total. The number of aliphatic hydroxyl groups is 7. The lowest BCUT2D eigenvalue weighted by Gasteiger charge is -2.68. The van der Waals surface area contributed by atoms with E-state index in [2.05, 4.69) is 6.92 Å². The van der Waals surface area contributed by atoms with Gasteiger partial charge in [0, 0.05) is 37.9 Å². The number of esters is 1. The predicted molar refractivity (Wildman–Crippen MR) is 188 cm³/mol. The quantitative estimate of drug-likeness (QED) is 0.138. The zero-order valence-corrected chi connectivity index (χ0v) is 32.1. The Morgan fingerprint density at radius 3 is 2.29 bits per heavy atom. The van der Waals surface area contributed by atoms with Crippen LogP contribution in [-0.4, -0.2) is 140 Å². The average Bonchev–Trinajstić information content (AvgIpc) is 3.42. The highest BCUT2D eigenvalue weighted by molar-refractivity contribution is 5.66. The second-order valence-electron chi connectivity index (χ2n) is 17.5. The minimum atomic E-state index is -1.64. The molecule has 2 aliphatic heterocycles. The summed E-state index contributed by atoms with van der Waals surface area (Å²) in [4.78, 5) is 24.3. The van der Waals surface area contributed by atoms with E-state index in [9.17, 15) is 45.3 Å². The van der Waals surface area contributed by atoms with Gasteiger partial charge in [-0.15, -0.1) is 0 Å². The molecule has 6 aliphatic rings. The molecular formula is C39H58O16. The maximum Gasteiger partial charge on any atom is 0.335 e. The summed E-state index contributed by atoms with van der Waals surface area (Å²) in [6.07, 6.45) is -9.46. The number of rotatable bonds is 8. The molecule has 16 heteroatoms. The van der Waals surface area contributed by atoms with E-state index in [1.807, 2.05) is 6.92 Å². The van der Waals surface area contributed by atoms with Crippen molar-refractivity contribution in [2.24, 2.45) is 22.7 Å². The number of fused-ring (bicyclic) bond motifs is 5. The van der Waals surface area contributed by atoms with Crippen LogP contribution in [0.4, 0.5) is 0 Å². The summed E-state index contributed by atoms with van der Waals surface area (Å²) >= 11 is 0. The van der Waals surface area contributed by atoms with Crippen molar-refractivity contribution in [3.8, 4) is 0 Å². The van der Waals surface area contributed by atoms with Gasteiger partial charge in [-0.1, -0.05) is 13.8 Å². The Bertz CT molecular complexity index is 1580. The molecule has 4 aliphatic carbocycles. The minimum Gasteiger partial charge on any atom is -0.462 e. The molecule has 1 aromatic heterocycles. The summed E-state index contributed by atoms with van der Waals surface area (Å²) in [7, 11) is 1.32. The molecule has 2 saturated heterocycles. The number of aliphatic hydroxyl groups excluding tert-OH is 5. The van der Waals surface area contributed by atoms with Gasteiger partial charge in [-0.2, -0.15) is 0 Å². The summed E-state index contributed by atoms with van der Waals surface area (Å²) < 4.78 is 40.2. The van der Waals surface area contributed by atoms with Crippen LogP contribution in [0.5, 0.6) is 0 Å². The summed E-state index contributed by atoms with van der Waals surface area (Å²) in [5.41, 5.74) is -4.15. The van der Waals surface area contributed by atoms with Gasteiger partial charge in [0.25, 0.3) is 0 Å². The van der Waals surface area contributed by atoms with E-state index in [0.717, 1.165) is 5.56 Å². The van der Waals surface area contributed by atoms with E-state index in [4.69, 9.17) is 32.8 Å². The molecule has 310 valence electrons. The predicted octanol–water partition coefficient (Wildman–Crippen LogP) is 0.229. The molecule has 7 N–H and O–H groups in total. The lowest BCUT2D eigenvalue weighted by Crippen LogP contribution is -2.75. The van der Waals surface area contributed by atoms with Gasteiger partial charge in [-0.3, -0.25) is 4.79 Å². The fourth-order valence-corrected chi connectivity index (χ4v) is 11.9. The molecule has 0 bridgehead atoms. The van der Waals surface area contributed by atoms with Gasteiger partial charge in [-0.05, 0) is 80.8 Å². The molecule has 0 amide bonds. The first-order chi connectivity index (χ1) is 25.9. The Labute approximate surface area is 319 Å². The largest absolute Gasteiger partial charge is 0.462 e. The molecule has 19 atom stereocenters. The van der Waals surface area contributed by atoms with Gasteiger partial charge < -0.3 is 68.6 Å². The normalized spacial score (nSPS) is 51.1. The van der Waals surface area contributed by atoms with Gasteiger partial charge in [0.2, 0.25) is 0 Å². The Kier molecular flexibility index (Phi) is 11.2. The highest BCUT2D eigenvalue weighted by atomic mass is 16.7. The second-order valence-corrected chi connectivity index (χ2v) is 17.5. The van der Waals surface area contributed by atoms with Crippen LogP contribution in [0, 0.1) is 22.7 Å². The third kappa shape index (κ3) is 6.52. The lowest BCUT2D eigenvalue weighted by molar-refractivity contribution is -0.364. The third-order valence-electron chi connectivity index (χ3n) is 14.8. The number of carbonyl (C=O) groups is 1. The summed E-state index contributed by atoms with van der Waals surface area (Å²) in [5, 5.41) is 79.6. The molecule has 4 saturated carbocycles. The lowest BCUT2D eigenvalue weighted by atomic mass is 9.40. The van der Waals surface area contributed by atoms with Crippen LogP contribution in [0.3, 0.4) is 0 Å². The molecule has 3 heterocycles. The van der Waals surface area contributed by atoms with E-state index in [1.54, 1.807) is 13.0 Å². The minimum absolute atomic E-state index is 0.00837. The Hall–Kier alpha value is -2.06. The van der Waals surface area contributed by atoms with Crippen molar-refractivity contribution in [2.75, 3.05) is 13.7 Å². The molecule has 1 aromatic rings. The van der Waals surface area contributed by atoms with Crippen LogP contribution in [0.1, 0.15) is 90.5 Å². The smallest absolute Gasteiger partial charge is 0.335 e. The maximum atomic E-state index is 12.9. The zero-order chi connectivity index (χ0) is 39.8. The Balaban J connectivity index is 1.08. The van der Waals surface area contributed by atoms with Crippen molar-refractivity contribution in [3.63, 3.8) is 0 Å². The highest BCUT2D eigenvalue weighted by Crippen LogP contribution is 2.72. The topological polar surface area (TPSA) is 244 Å². The third-order valence-corrected chi connectivity index (χ3v) is 14.8. The van der Waals surface area contributed by atoms with E-state index in [0.29, 0.717) is 44.9 Å². The van der Waals surface area contributed by atoms with Gasteiger partial charge in [0.15, 0.2) is 12.6 Å². The van der Waals surface area contributed by atoms with Gasteiger partial charge in [0.05, 0.1) is 30.7 Å². The van der Waals surface area contributed by atoms with Gasteiger partial charge in [0.1, 0.15) is 54.4 Å². The van der Waals surface area contributed by atoms with Gasteiger partial charge >= 0.3 is 11.6 Å². The van der Waals surface area contributed by atoms with E-state index >= 15 is 0 Å².